The molecule has 0 saturated heterocycles. The third-order valence-corrected chi connectivity index (χ3v) is 4.17. The van der Waals surface area contributed by atoms with Gasteiger partial charge in [0, 0.05) is 5.56 Å². The molecule has 1 unspecified atom stereocenters. The molecule has 2 rings (SSSR count). The monoisotopic (exact) mass is 354 g/mol. The number of hydrazine groups is 1. The molecule has 112 valence electrons. The van der Waals surface area contributed by atoms with Gasteiger partial charge in [0.05, 0.1) is 10.5 Å². The van der Waals surface area contributed by atoms with Gasteiger partial charge in [-0.3, -0.25) is 11.3 Å². The summed E-state index contributed by atoms with van der Waals surface area (Å²) in [5, 5.41) is 0. The summed E-state index contributed by atoms with van der Waals surface area (Å²) in [7, 11) is 0. The van der Waals surface area contributed by atoms with Gasteiger partial charge < -0.3 is 0 Å². The van der Waals surface area contributed by atoms with Crippen molar-refractivity contribution in [1.82, 2.24) is 5.43 Å². The van der Waals surface area contributed by atoms with Crippen molar-refractivity contribution in [1.29, 1.82) is 0 Å². The molecule has 0 fully saturated rings. The van der Waals surface area contributed by atoms with Crippen LogP contribution in [0.25, 0.3) is 0 Å². The van der Waals surface area contributed by atoms with Gasteiger partial charge in [0.1, 0.15) is 11.6 Å². The first-order valence-electron chi connectivity index (χ1n) is 6.74. The van der Waals surface area contributed by atoms with E-state index in [0.29, 0.717) is 0 Å². The van der Waals surface area contributed by atoms with Gasteiger partial charge in [-0.05, 0) is 52.0 Å². The Morgan fingerprint density at radius 3 is 2.57 bits per heavy atom. The normalized spacial score (nSPS) is 12.4. The van der Waals surface area contributed by atoms with Crippen molar-refractivity contribution in [3.8, 4) is 0 Å². The van der Waals surface area contributed by atoms with Crippen LogP contribution in [0.1, 0.15) is 29.7 Å². The summed E-state index contributed by atoms with van der Waals surface area (Å²) < 4.78 is 28.2. The van der Waals surface area contributed by atoms with Gasteiger partial charge in [-0.15, -0.1) is 0 Å². The van der Waals surface area contributed by atoms with Gasteiger partial charge in [0.25, 0.3) is 0 Å². The lowest BCUT2D eigenvalue weighted by atomic mass is 9.94. The molecule has 0 aliphatic heterocycles. The SMILES string of the molecule is CCc1ccccc1C(Cc1c(F)ccc(Br)c1F)NN. The topological polar surface area (TPSA) is 38.0 Å². The Labute approximate surface area is 131 Å². The smallest absolute Gasteiger partial charge is 0.143 e. The van der Waals surface area contributed by atoms with Crippen LogP contribution in [-0.2, 0) is 12.8 Å². The maximum Gasteiger partial charge on any atom is 0.143 e. The van der Waals surface area contributed by atoms with E-state index in [9.17, 15) is 8.78 Å². The molecule has 3 N–H and O–H groups in total. The lowest BCUT2D eigenvalue weighted by molar-refractivity contribution is 0.496. The fourth-order valence-electron chi connectivity index (χ4n) is 2.42. The highest BCUT2D eigenvalue weighted by atomic mass is 79.9. The van der Waals surface area contributed by atoms with Gasteiger partial charge >= 0.3 is 0 Å². The zero-order valence-electron chi connectivity index (χ0n) is 11.7. The first kappa shape index (κ1) is 16.1. The molecule has 0 aromatic heterocycles. The molecular weight excluding hydrogens is 338 g/mol. The lowest BCUT2D eigenvalue weighted by Crippen LogP contribution is -2.30. The van der Waals surface area contributed by atoms with E-state index < -0.39 is 11.6 Å². The summed E-state index contributed by atoms with van der Waals surface area (Å²) in [5.41, 5.74) is 4.76. The third-order valence-electron chi connectivity index (χ3n) is 3.56. The summed E-state index contributed by atoms with van der Waals surface area (Å²) in [6.45, 7) is 2.03. The summed E-state index contributed by atoms with van der Waals surface area (Å²) in [6.07, 6.45) is 0.975. The lowest BCUT2D eigenvalue weighted by Gasteiger charge is -2.20. The molecule has 2 nitrogen and oxygen atoms in total. The van der Waals surface area contributed by atoms with E-state index in [0.717, 1.165) is 17.5 Å². The van der Waals surface area contributed by atoms with E-state index >= 15 is 0 Å². The molecule has 0 saturated carbocycles. The van der Waals surface area contributed by atoms with Crippen molar-refractivity contribution in [3.63, 3.8) is 0 Å². The number of hydrogen-bond donors (Lipinski definition) is 2. The molecule has 1 atom stereocenters. The molecule has 0 amide bonds. The second-order valence-electron chi connectivity index (χ2n) is 4.80. The molecule has 5 heteroatoms. The fraction of sp³-hybridized carbons (Fsp3) is 0.250. The number of aryl methyl sites for hydroxylation is 1. The first-order chi connectivity index (χ1) is 10.1. The fourth-order valence-corrected chi connectivity index (χ4v) is 2.79. The predicted octanol–water partition coefficient (Wildman–Crippen LogP) is 4.04. The van der Waals surface area contributed by atoms with E-state index in [2.05, 4.69) is 21.4 Å². The van der Waals surface area contributed by atoms with Crippen LogP contribution in [0.5, 0.6) is 0 Å². The minimum atomic E-state index is -0.579. The van der Waals surface area contributed by atoms with Crippen LogP contribution in [0, 0.1) is 11.6 Å². The largest absolute Gasteiger partial charge is 0.271 e. The van der Waals surface area contributed by atoms with Crippen LogP contribution in [-0.4, -0.2) is 0 Å². The quantitative estimate of drug-likeness (QED) is 0.483. The van der Waals surface area contributed by atoms with Gasteiger partial charge in [-0.2, -0.15) is 0 Å². The van der Waals surface area contributed by atoms with Crippen LogP contribution in [0.15, 0.2) is 40.9 Å². The Bertz CT molecular complexity index is 632. The number of benzene rings is 2. The predicted molar refractivity (Wildman–Crippen MR) is 83.6 cm³/mol. The highest BCUT2D eigenvalue weighted by molar-refractivity contribution is 9.10. The molecule has 0 aliphatic carbocycles. The Morgan fingerprint density at radius 1 is 1.19 bits per heavy atom. The molecule has 0 bridgehead atoms. The molecule has 21 heavy (non-hydrogen) atoms. The molecule has 2 aromatic rings. The zero-order chi connectivity index (χ0) is 15.4. The van der Waals surface area contributed by atoms with E-state index in [1.807, 2.05) is 31.2 Å². The Morgan fingerprint density at radius 2 is 1.90 bits per heavy atom. The van der Waals surface area contributed by atoms with Crippen molar-refractivity contribution in [2.24, 2.45) is 5.84 Å². The van der Waals surface area contributed by atoms with E-state index in [1.54, 1.807) is 0 Å². The average Bonchev–Trinajstić information content (AvgIpc) is 2.51. The highest BCUT2D eigenvalue weighted by Gasteiger charge is 2.19. The van der Waals surface area contributed by atoms with E-state index in [-0.39, 0.29) is 22.5 Å². The molecule has 0 radical (unpaired) electrons. The van der Waals surface area contributed by atoms with Crippen LogP contribution < -0.4 is 11.3 Å². The highest BCUT2D eigenvalue weighted by Crippen LogP contribution is 2.27. The van der Waals surface area contributed by atoms with Crippen LogP contribution in [0.3, 0.4) is 0 Å². The molecule has 0 aliphatic rings. The number of nitrogens with two attached hydrogens (primary N) is 1. The molecule has 0 heterocycles. The Balaban J connectivity index is 2.38. The summed E-state index contributed by atoms with van der Waals surface area (Å²) in [4.78, 5) is 0. The number of hydrogen-bond acceptors (Lipinski definition) is 2. The number of rotatable bonds is 5. The van der Waals surface area contributed by atoms with Crippen molar-refractivity contribution in [2.45, 2.75) is 25.8 Å². The van der Waals surface area contributed by atoms with Gasteiger partial charge in [-0.25, -0.2) is 8.78 Å². The van der Waals surface area contributed by atoms with Crippen molar-refractivity contribution < 1.29 is 8.78 Å². The number of nitrogens with one attached hydrogen (secondary N) is 1. The Hall–Kier alpha value is -1.30. The van der Waals surface area contributed by atoms with Crippen LogP contribution >= 0.6 is 15.9 Å². The molecule has 0 spiro atoms. The maximum absolute atomic E-state index is 14.1. The van der Waals surface area contributed by atoms with Gasteiger partial charge in [-0.1, -0.05) is 31.2 Å². The summed E-state index contributed by atoms with van der Waals surface area (Å²) >= 11 is 3.08. The van der Waals surface area contributed by atoms with Gasteiger partial charge in [0.15, 0.2) is 0 Å². The minimum absolute atomic E-state index is 0.0261. The summed E-state index contributed by atoms with van der Waals surface area (Å²) in [6, 6.07) is 10.0. The first-order valence-corrected chi connectivity index (χ1v) is 7.54. The minimum Gasteiger partial charge on any atom is -0.271 e. The second kappa shape index (κ2) is 7.11. The Kier molecular flexibility index (Phi) is 5.45. The van der Waals surface area contributed by atoms with E-state index in [4.69, 9.17) is 5.84 Å². The van der Waals surface area contributed by atoms with Crippen molar-refractivity contribution in [3.05, 3.63) is 69.2 Å². The van der Waals surface area contributed by atoms with Gasteiger partial charge in [0.2, 0.25) is 0 Å². The second-order valence-corrected chi connectivity index (χ2v) is 5.65. The van der Waals surface area contributed by atoms with Crippen molar-refractivity contribution >= 4 is 15.9 Å². The van der Waals surface area contributed by atoms with E-state index in [1.165, 1.54) is 12.1 Å². The molecular formula is C16H17BrF2N2. The van der Waals surface area contributed by atoms with Crippen LogP contribution in [0.2, 0.25) is 0 Å². The molecule has 2 aromatic carbocycles. The standard InChI is InChI=1S/C16H17BrF2N2/c1-2-10-5-3-4-6-11(10)15(21-20)9-12-14(18)8-7-13(17)16(12)19/h3-8,15,21H,2,9,20H2,1H3. The summed E-state index contributed by atoms with van der Waals surface area (Å²) in [5.74, 6) is 4.46. The van der Waals surface area contributed by atoms with Crippen molar-refractivity contribution in [2.75, 3.05) is 0 Å². The zero-order valence-corrected chi connectivity index (χ0v) is 13.3. The third kappa shape index (κ3) is 3.48. The number of halogens is 3. The average molecular weight is 355 g/mol. The maximum atomic E-state index is 14.1. The van der Waals surface area contributed by atoms with Crippen LogP contribution in [0.4, 0.5) is 8.78 Å².